The minimum atomic E-state index is -0.00698. The van der Waals surface area contributed by atoms with Gasteiger partial charge in [0, 0.05) is 12.6 Å². The summed E-state index contributed by atoms with van der Waals surface area (Å²) in [5, 5.41) is 12.5. The van der Waals surface area contributed by atoms with Gasteiger partial charge in [-0.05, 0) is 48.6 Å². The van der Waals surface area contributed by atoms with Crippen molar-refractivity contribution in [3.05, 3.63) is 58.7 Å². The third-order valence-corrected chi connectivity index (χ3v) is 4.51. The Morgan fingerprint density at radius 2 is 2.04 bits per heavy atom. The first-order valence-electron chi connectivity index (χ1n) is 8.44. The van der Waals surface area contributed by atoms with Crippen molar-refractivity contribution in [3.63, 3.8) is 0 Å². The average Bonchev–Trinajstić information content (AvgIpc) is 3.00. The Balaban J connectivity index is 1.66. The summed E-state index contributed by atoms with van der Waals surface area (Å²) in [6, 6.07) is 13.1. The van der Waals surface area contributed by atoms with Crippen LogP contribution in [0.3, 0.4) is 0 Å². The zero-order valence-corrected chi connectivity index (χ0v) is 14.3. The molecule has 0 aliphatic heterocycles. The lowest BCUT2D eigenvalue weighted by Crippen LogP contribution is -2.18. The van der Waals surface area contributed by atoms with Gasteiger partial charge in [-0.25, -0.2) is 0 Å². The maximum absolute atomic E-state index is 8.88. The van der Waals surface area contributed by atoms with Crippen LogP contribution in [0.1, 0.15) is 34.7 Å². The second-order valence-corrected chi connectivity index (χ2v) is 6.23. The molecule has 2 aromatic rings. The van der Waals surface area contributed by atoms with Crippen molar-refractivity contribution in [3.8, 4) is 11.5 Å². The number of hydrogen-bond acceptors (Lipinski definition) is 4. The Morgan fingerprint density at radius 1 is 1.17 bits per heavy atom. The van der Waals surface area contributed by atoms with E-state index in [4.69, 9.17) is 14.6 Å². The molecule has 24 heavy (non-hydrogen) atoms. The Bertz CT molecular complexity index is 699. The maximum atomic E-state index is 8.88. The third kappa shape index (κ3) is 3.71. The molecule has 0 saturated heterocycles. The first-order valence-corrected chi connectivity index (χ1v) is 8.44. The molecule has 1 aliphatic carbocycles. The number of methoxy groups -OCH3 is 1. The van der Waals surface area contributed by atoms with Gasteiger partial charge in [-0.3, -0.25) is 0 Å². The first-order chi connectivity index (χ1) is 11.7. The zero-order valence-electron chi connectivity index (χ0n) is 14.3. The van der Waals surface area contributed by atoms with Gasteiger partial charge in [-0.1, -0.05) is 29.8 Å². The SMILES string of the molecule is COc1cc(CNC2CCc3ccc(C)cc32)ccc1OCCO. The molecule has 0 fully saturated rings. The number of ether oxygens (including phenoxy) is 2. The van der Waals surface area contributed by atoms with Gasteiger partial charge in [0.25, 0.3) is 0 Å². The monoisotopic (exact) mass is 327 g/mol. The number of fused-ring (bicyclic) bond motifs is 1. The van der Waals surface area contributed by atoms with Gasteiger partial charge >= 0.3 is 0 Å². The molecule has 3 rings (SSSR count). The number of aliphatic hydroxyl groups excluding tert-OH is 1. The van der Waals surface area contributed by atoms with Gasteiger partial charge in [0.15, 0.2) is 11.5 Å². The molecule has 0 bridgehead atoms. The number of aryl methyl sites for hydroxylation is 2. The fourth-order valence-electron chi connectivity index (χ4n) is 3.27. The maximum Gasteiger partial charge on any atom is 0.161 e. The second-order valence-electron chi connectivity index (χ2n) is 6.23. The summed E-state index contributed by atoms with van der Waals surface area (Å²) >= 11 is 0. The molecule has 2 aromatic carbocycles. The fraction of sp³-hybridized carbons (Fsp3) is 0.400. The minimum absolute atomic E-state index is 0.00698. The van der Waals surface area contributed by atoms with E-state index in [1.807, 2.05) is 18.2 Å². The largest absolute Gasteiger partial charge is 0.493 e. The molecule has 1 unspecified atom stereocenters. The molecule has 0 heterocycles. The molecule has 128 valence electrons. The Morgan fingerprint density at radius 3 is 2.83 bits per heavy atom. The predicted octanol–water partition coefficient (Wildman–Crippen LogP) is 3.15. The molecule has 4 nitrogen and oxygen atoms in total. The van der Waals surface area contributed by atoms with Crippen molar-refractivity contribution in [1.29, 1.82) is 0 Å². The summed E-state index contributed by atoms with van der Waals surface area (Å²) in [4.78, 5) is 0. The number of hydrogen-bond donors (Lipinski definition) is 2. The molecule has 2 N–H and O–H groups in total. The quantitative estimate of drug-likeness (QED) is 0.820. The molecule has 0 radical (unpaired) electrons. The predicted molar refractivity (Wildman–Crippen MR) is 94.7 cm³/mol. The number of nitrogens with one attached hydrogen (secondary N) is 1. The molecule has 0 spiro atoms. The average molecular weight is 327 g/mol. The van der Waals surface area contributed by atoms with E-state index >= 15 is 0 Å². The van der Waals surface area contributed by atoms with Gasteiger partial charge in [-0.15, -0.1) is 0 Å². The van der Waals surface area contributed by atoms with Gasteiger partial charge < -0.3 is 19.9 Å². The zero-order chi connectivity index (χ0) is 16.9. The van der Waals surface area contributed by atoms with E-state index in [1.165, 1.54) is 16.7 Å². The van der Waals surface area contributed by atoms with Gasteiger partial charge in [0.1, 0.15) is 6.61 Å². The molecule has 4 heteroatoms. The van der Waals surface area contributed by atoms with Crippen molar-refractivity contribution >= 4 is 0 Å². The van der Waals surface area contributed by atoms with Crippen LogP contribution in [0, 0.1) is 6.92 Å². The van der Waals surface area contributed by atoms with Crippen molar-refractivity contribution in [2.75, 3.05) is 20.3 Å². The first kappa shape index (κ1) is 16.8. The Hall–Kier alpha value is -2.04. The Labute approximate surface area is 143 Å². The summed E-state index contributed by atoms with van der Waals surface area (Å²) in [7, 11) is 1.63. The van der Waals surface area contributed by atoms with Crippen LogP contribution >= 0.6 is 0 Å². The van der Waals surface area contributed by atoms with Crippen LogP contribution in [0.5, 0.6) is 11.5 Å². The van der Waals surface area contributed by atoms with E-state index in [2.05, 4.69) is 30.4 Å². The highest BCUT2D eigenvalue weighted by molar-refractivity contribution is 5.43. The van der Waals surface area contributed by atoms with Crippen molar-refractivity contribution < 1.29 is 14.6 Å². The number of rotatable bonds is 7. The molecule has 0 saturated carbocycles. The lowest BCUT2D eigenvalue weighted by atomic mass is 10.0. The lowest BCUT2D eigenvalue weighted by molar-refractivity contribution is 0.196. The van der Waals surface area contributed by atoms with Gasteiger partial charge in [0.2, 0.25) is 0 Å². The summed E-state index contributed by atoms with van der Waals surface area (Å²) in [6.45, 7) is 3.19. The van der Waals surface area contributed by atoms with E-state index in [0.717, 1.165) is 24.9 Å². The van der Waals surface area contributed by atoms with Crippen molar-refractivity contribution in [2.45, 2.75) is 32.4 Å². The number of aliphatic hydroxyl groups is 1. The summed E-state index contributed by atoms with van der Waals surface area (Å²) in [6.07, 6.45) is 2.29. The molecular weight excluding hydrogens is 302 g/mol. The molecule has 1 atom stereocenters. The fourth-order valence-corrected chi connectivity index (χ4v) is 3.27. The van der Waals surface area contributed by atoms with Gasteiger partial charge in [0.05, 0.1) is 13.7 Å². The van der Waals surface area contributed by atoms with Crippen LogP contribution in [0.2, 0.25) is 0 Å². The van der Waals surface area contributed by atoms with E-state index in [0.29, 0.717) is 17.5 Å². The summed E-state index contributed by atoms with van der Waals surface area (Å²) < 4.78 is 10.9. The van der Waals surface area contributed by atoms with E-state index in [-0.39, 0.29) is 13.2 Å². The highest BCUT2D eigenvalue weighted by Gasteiger charge is 2.21. The topological polar surface area (TPSA) is 50.7 Å². The normalized spacial score (nSPS) is 16.0. The molecule has 0 amide bonds. The molecule has 1 aliphatic rings. The van der Waals surface area contributed by atoms with Crippen molar-refractivity contribution in [2.24, 2.45) is 0 Å². The minimum Gasteiger partial charge on any atom is -0.493 e. The van der Waals surface area contributed by atoms with E-state index in [1.54, 1.807) is 7.11 Å². The smallest absolute Gasteiger partial charge is 0.161 e. The van der Waals surface area contributed by atoms with Crippen LogP contribution < -0.4 is 14.8 Å². The van der Waals surface area contributed by atoms with Crippen LogP contribution in [-0.2, 0) is 13.0 Å². The standard InChI is InChI=1S/C20H25NO3/c1-14-3-5-16-6-7-18(17(16)11-14)21-13-15-4-8-19(24-10-9-22)20(12-15)23-2/h3-5,8,11-12,18,21-22H,6-7,9-10,13H2,1-2H3. The highest BCUT2D eigenvalue weighted by Crippen LogP contribution is 2.33. The van der Waals surface area contributed by atoms with E-state index in [9.17, 15) is 0 Å². The van der Waals surface area contributed by atoms with Crippen LogP contribution in [0.15, 0.2) is 36.4 Å². The summed E-state index contributed by atoms with van der Waals surface area (Å²) in [5.41, 5.74) is 5.37. The van der Waals surface area contributed by atoms with E-state index < -0.39 is 0 Å². The Kier molecular flexibility index (Phi) is 5.38. The molecule has 0 aromatic heterocycles. The third-order valence-electron chi connectivity index (χ3n) is 4.51. The highest BCUT2D eigenvalue weighted by atomic mass is 16.5. The molecular formula is C20H25NO3. The summed E-state index contributed by atoms with van der Waals surface area (Å²) in [5.74, 6) is 1.36. The second kappa shape index (κ2) is 7.69. The number of benzene rings is 2. The van der Waals surface area contributed by atoms with Crippen LogP contribution in [0.25, 0.3) is 0 Å². The van der Waals surface area contributed by atoms with Gasteiger partial charge in [-0.2, -0.15) is 0 Å². The van der Waals surface area contributed by atoms with Crippen LogP contribution in [-0.4, -0.2) is 25.4 Å². The lowest BCUT2D eigenvalue weighted by Gasteiger charge is -2.16. The van der Waals surface area contributed by atoms with Crippen LogP contribution in [0.4, 0.5) is 0 Å². The van der Waals surface area contributed by atoms with Crippen molar-refractivity contribution in [1.82, 2.24) is 5.32 Å².